The highest BCUT2D eigenvalue weighted by atomic mass is 16.1. The highest BCUT2D eigenvalue weighted by molar-refractivity contribution is 5.86. The van der Waals surface area contributed by atoms with E-state index < -0.39 is 6.04 Å². The van der Waals surface area contributed by atoms with Gasteiger partial charge in [0.15, 0.2) is 5.78 Å². The molecule has 0 bridgehead atoms. The Kier molecular flexibility index (Phi) is 3.75. The first-order valence-electron chi connectivity index (χ1n) is 6.20. The van der Waals surface area contributed by atoms with E-state index in [1.165, 1.54) is 24.0 Å². The maximum atomic E-state index is 11.8. The molecule has 1 atom stereocenters. The number of aryl methyl sites for hydroxylation is 2. The Bertz CT molecular complexity index is 437. The minimum Gasteiger partial charge on any atom is -0.321 e. The Labute approximate surface area is 103 Å². The van der Waals surface area contributed by atoms with Crippen molar-refractivity contribution >= 4 is 5.78 Å². The highest BCUT2D eigenvalue weighted by Gasteiger charge is 2.15. The molecule has 0 amide bonds. The second-order valence-electron chi connectivity index (χ2n) is 4.73. The quantitative estimate of drug-likeness (QED) is 0.786. The van der Waals surface area contributed by atoms with Crippen LogP contribution >= 0.6 is 0 Å². The molecular formula is C15H19NO. The van der Waals surface area contributed by atoms with Gasteiger partial charge < -0.3 is 5.73 Å². The summed E-state index contributed by atoms with van der Waals surface area (Å²) >= 11 is 0. The van der Waals surface area contributed by atoms with Crippen molar-refractivity contribution in [3.05, 3.63) is 47.5 Å². The first-order chi connectivity index (χ1) is 8.20. The van der Waals surface area contributed by atoms with Gasteiger partial charge in [-0.15, -0.1) is 6.58 Å². The lowest BCUT2D eigenvalue weighted by atomic mass is 9.99. The molecule has 0 aliphatic heterocycles. The summed E-state index contributed by atoms with van der Waals surface area (Å²) in [6.07, 6.45) is 6.27. The Morgan fingerprint density at radius 1 is 1.41 bits per heavy atom. The third-order valence-electron chi connectivity index (χ3n) is 3.38. The van der Waals surface area contributed by atoms with Crippen LogP contribution in [-0.2, 0) is 24.1 Å². The maximum absolute atomic E-state index is 11.8. The Morgan fingerprint density at radius 2 is 2.18 bits per heavy atom. The predicted molar refractivity (Wildman–Crippen MR) is 70.0 cm³/mol. The van der Waals surface area contributed by atoms with Gasteiger partial charge in [0, 0.05) is 6.42 Å². The molecular weight excluding hydrogens is 210 g/mol. The summed E-state index contributed by atoms with van der Waals surface area (Å²) in [6, 6.07) is 5.98. The zero-order valence-corrected chi connectivity index (χ0v) is 10.1. The van der Waals surface area contributed by atoms with Gasteiger partial charge in [0.1, 0.15) is 0 Å². The minimum atomic E-state index is -0.402. The topological polar surface area (TPSA) is 43.1 Å². The third-order valence-corrected chi connectivity index (χ3v) is 3.38. The minimum absolute atomic E-state index is 0.0999. The van der Waals surface area contributed by atoms with E-state index in [0.717, 1.165) is 12.0 Å². The van der Waals surface area contributed by atoms with Gasteiger partial charge in [-0.05, 0) is 42.4 Å². The lowest BCUT2D eigenvalue weighted by Gasteiger charge is -2.09. The van der Waals surface area contributed by atoms with Crippen LogP contribution in [0.15, 0.2) is 30.9 Å². The molecule has 2 N–H and O–H groups in total. The van der Waals surface area contributed by atoms with Gasteiger partial charge in [-0.1, -0.05) is 24.3 Å². The van der Waals surface area contributed by atoms with E-state index in [-0.39, 0.29) is 5.78 Å². The molecule has 1 aromatic carbocycles. The lowest BCUT2D eigenvalue weighted by molar-refractivity contribution is -0.119. The molecule has 2 heteroatoms. The van der Waals surface area contributed by atoms with Gasteiger partial charge >= 0.3 is 0 Å². The van der Waals surface area contributed by atoms with Crippen molar-refractivity contribution in [3.8, 4) is 0 Å². The number of benzene rings is 1. The smallest absolute Gasteiger partial charge is 0.154 e. The number of fused-ring (bicyclic) bond motifs is 1. The summed E-state index contributed by atoms with van der Waals surface area (Å²) in [7, 11) is 0. The van der Waals surface area contributed by atoms with Crippen LogP contribution in [0.5, 0.6) is 0 Å². The van der Waals surface area contributed by atoms with E-state index in [9.17, 15) is 4.79 Å². The summed E-state index contributed by atoms with van der Waals surface area (Å²) in [6.45, 7) is 3.61. The van der Waals surface area contributed by atoms with Crippen molar-refractivity contribution in [2.45, 2.75) is 38.1 Å². The molecule has 0 spiro atoms. The van der Waals surface area contributed by atoms with E-state index in [1.54, 1.807) is 6.08 Å². The average molecular weight is 229 g/mol. The molecule has 17 heavy (non-hydrogen) atoms. The average Bonchev–Trinajstić information content (AvgIpc) is 2.76. The van der Waals surface area contributed by atoms with Crippen LogP contribution in [-0.4, -0.2) is 11.8 Å². The largest absolute Gasteiger partial charge is 0.321 e. The fourth-order valence-corrected chi connectivity index (χ4v) is 2.38. The summed E-state index contributed by atoms with van der Waals surface area (Å²) in [5, 5.41) is 0. The van der Waals surface area contributed by atoms with Crippen molar-refractivity contribution in [2.75, 3.05) is 0 Å². The van der Waals surface area contributed by atoms with Gasteiger partial charge in [0.05, 0.1) is 6.04 Å². The fourth-order valence-electron chi connectivity index (χ4n) is 2.38. The Hall–Kier alpha value is -1.41. The molecule has 0 saturated heterocycles. The van der Waals surface area contributed by atoms with Crippen LogP contribution in [0, 0.1) is 0 Å². The van der Waals surface area contributed by atoms with E-state index in [2.05, 4.69) is 24.8 Å². The van der Waals surface area contributed by atoms with Crippen LogP contribution < -0.4 is 5.73 Å². The van der Waals surface area contributed by atoms with Crippen molar-refractivity contribution in [2.24, 2.45) is 5.73 Å². The molecule has 1 aliphatic rings. The maximum Gasteiger partial charge on any atom is 0.154 e. The number of nitrogens with two attached hydrogens (primary N) is 1. The van der Waals surface area contributed by atoms with Gasteiger partial charge in [-0.3, -0.25) is 4.79 Å². The number of rotatable bonds is 5. The van der Waals surface area contributed by atoms with E-state index in [0.29, 0.717) is 12.8 Å². The number of Topliss-reactive ketones (excluding diaryl/α,β-unsaturated/α-hetero) is 1. The summed E-state index contributed by atoms with van der Waals surface area (Å²) < 4.78 is 0. The summed E-state index contributed by atoms with van der Waals surface area (Å²) in [4.78, 5) is 11.8. The van der Waals surface area contributed by atoms with Crippen LogP contribution in [0.1, 0.15) is 29.5 Å². The lowest BCUT2D eigenvalue weighted by Crippen LogP contribution is -2.31. The number of hydrogen-bond donors (Lipinski definition) is 1. The van der Waals surface area contributed by atoms with Crippen molar-refractivity contribution in [3.63, 3.8) is 0 Å². The second kappa shape index (κ2) is 5.28. The molecule has 1 unspecified atom stereocenters. The molecule has 2 rings (SSSR count). The van der Waals surface area contributed by atoms with Crippen LogP contribution in [0.3, 0.4) is 0 Å². The van der Waals surface area contributed by atoms with E-state index in [1.807, 2.05) is 0 Å². The van der Waals surface area contributed by atoms with Gasteiger partial charge in [-0.25, -0.2) is 0 Å². The van der Waals surface area contributed by atoms with Gasteiger partial charge in [0.2, 0.25) is 0 Å². The summed E-state index contributed by atoms with van der Waals surface area (Å²) in [5.41, 5.74) is 9.71. The number of ketones is 1. The number of carbonyl (C=O) groups is 1. The third kappa shape index (κ3) is 2.83. The fraction of sp³-hybridized carbons (Fsp3) is 0.400. The Balaban J connectivity index is 2.04. The van der Waals surface area contributed by atoms with Crippen LogP contribution in [0.25, 0.3) is 0 Å². The van der Waals surface area contributed by atoms with Crippen LogP contribution in [0.2, 0.25) is 0 Å². The van der Waals surface area contributed by atoms with Crippen molar-refractivity contribution in [1.82, 2.24) is 0 Å². The normalized spacial score (nSPS) is 15.4. The highest BCUT2D eigenvalue weighted by Crippen LogP contribution is 2.23. The molecule has 0 saturated carbocycles. The zero-order valence-electron chi connectivity index (χ0n) is 10.1. The second-order valence-corrected chi connectivity index (χ2v) is 4.73. The zero-order chi connectivity index (χ0) is 12.3. The van der Waals surface area contributed by atoms with Gasteiger partial charge in [-0.2, -0.15) is 0 Å². The van der Waals surface area contributed by atoms with E-state index >= 15 is 0 Å². The molecule has 1 aromatic rings. The number of carbonyl (C=O) groups excluding carboxylic acids is 1. The van der Waals surface area contributed by atoms with E-state index in [4.69, 9.17) is 5.73 Å². The first-order valence-corrected chi connectivity index (χ1v) is 6.20. The predicted octanol–water partition coefficient (Wildman–Crippen LogP) is 2.19. The molecule has 0 fully saturated rings. The monoisotopic (exact) mass is 229 g/mol. The molecule has 0 radical (unpaired) electrons. The summed E-state index contributed by atoms with van der Waals surface area (Å²) in [5.74, 6) is 0.0999. The van der Waals surface area contributed by atoms with Gasteiger partial charge in [0.25, 0.3) is 0 Å². The van der Waals surface area contributed by atoms with Crippen molar-refractivity contribution in [1.29, 1.82) is 0 Å². The standard InChI is InChI=1S/C15H19NO/c1-2-4-14(16)15(17)10-11-7-8-12-5-3-6-13(12)9-11/h2,7-9,14H,1,3-6,10,16H2. The Morgan fingerprint density at radius 3 is 2.94 bits per heavy atom. The molecule has 2 nitrogen and oxygen atoms in total. The molecule has 1 aliphatic carbocycles. The van der Waals surface area contributed by atoms with Crippen LogP contribution in [0.4, 0.5) is 0 Å². The molecule has 90 valence electrons. The molecule has 0 heterocycles. The SMILES string of the molecule is C=CCC(N)C(=O)Cc1ccc2c(c1)CCC2. The van der Waals surface area contributed by atoms with Crippen molar-refractivity contribution < 1.29 is 4.79 Å². The first kappa shape index (κ1) is 12.1. The number of hydrogen-bond acceptors (Lipinski definition) is 2. The molecule has 0 aromatic heterocycles.